The Bertz CT molecular complexity index is 576. The predicted molar refractivity (Wildman–Crippen MR) is 71.7 cm³/mol. The lowest BCUT2D eigenvalue weighted by Crippen LogP contribution is -2.00. The first-order chi connectivity index (χ1) is 9.25. The summed E-state index contributed by atoms with van der Waals surface area (Å²) in [7, 11) is 0. The molecule has 2 rings (SSSR count). The maximum Gasteiger partial charge on any atom is 0.331 e. The average molecular weight is 256 g/mol. The normalized spacial score (nSPS) is 10.6. The van der Waals surface area contributed by atoms with E-state index in [4.69, 9.17) is 4.74 Å². The number of halogens is 1. The molecule has 0 radical (unpaired) electrons. The topological polar surface area (TPSA) is 26.3 Å². The van der Waals surface area contributed by atoms with Crippen LogP contribution in [0.15, 0.2) is 60.7 Å². The third-order valence-corrected chi connectivity index (χ3v) is 2.53. The fraction of sp³-hybridized carbons (Fsp3) is 0.0625. The van der Waals surface area contributed by atoms with Crippen LogP contribution < -0.4 is 0 Å². The highest BCUT2D eigenvalue weighted by Gasteiger charge is 2.00. The number of ether oxygens (including phenoxy) is 1. The Morgan fingerprint density at radius 1 is 1.05 bits per heavy atom. The van der Waals surface area contributed by atoms with E-state index in [1.807, 2.05) is 30.3 Å². The van der Waals surface area contributed by atoms with Crippen LogP contribution in [0.4, 0.5) is 4.39 Å². The molecule has 19 heavy (non-hydrogen) atoms. The van der Waals surface area contributed by atoms with Gasteiger partial charge >= 0.3 is 5.97 Å². The first kappa shape index (κ1) is 13.0. The van der Waals surface area contributed by atoms with Gasteiger partial charge in [0.05, 0.1) is 0 Å². The van der Waals surface area contributed by atoms with Crippen LogP contribution in [0.5, 0.6) is 0 Å². The number of esters is 1. The molecule has 2 nitrogen and oxygen atoms in total. The number of benzene rings is 2. The minimum Gasteiger partial charge on any atom is -0.458 e. The average Bonchev–Trinajstić information content (AvgIpc) is 2.45. The van der Waals surface area contributed by atoms with E-state index in [9.17, 15) is 9.18 Å². The van der Waals surface area contributed by atoms with E-state index in [2.05, 4.69) is 0 Å². The van der Waals surface area contributed by atoms with Crippen molar-refractivity contribution in [3.63, 3.8) is 0 Å². The molecule has 0 saturated heterocycles. The first-order valence-corrected chi connectivity index (χ1v) is 5.89. The molecule has 0 aliphatic rings. The molecular weight excluding hydrogens is 243 g/mol. The summed E-state index contributed by atoms with van der Waals surface area (Å²) in [6, 6.07) is 15.6. The lowest BCUT2D eigenvalue weighted by atomic mass is 10.2. The van der Waals surface area contributed by atoms with Crippen LogP contribution in [-0.2, 0) is 16.1 Å². The fourth-order valence-corrected chi connectivity index (χ4v) is 1.54. The molecule has 0 unspecified atom stereocenters. The Balaban J connectivity index is 1.90. The minimum atomic E-state index is -0.493. The molecule has 0 bridgehead atoms. The summed E-state index contributed by atoms with van der Waals surface area (Å²) in [5.74, 6) is -0.860. The molecule has 0 N–H and O–H groups in total. The van der Waals surface area contributed by atoms with Crippen molar-refractivity contribution in [1.29, 1.82) is 0 Å². The maximum absolute atomic E-state index is 13.3. The van der Waals surface area contributed by atoms with Crippen LogP contribution in [0.3, 0.4) is 0 Å². The van der Waals surface area contributed by atoms with Crippen LogP contribution in [0.25, 0.3) is 6.08 Å². The van der Waals surface area contributed by atoms with Gasteiger partial charge in [-0.1, -0.05) is 48.5 Å². The molecule has 3 heteroatoms. The number of hydrogen-bond donors (Lipinski definition) is 0. The molecule has 0 heterocycles. The number of carbonyl (C=O) groups excluding carboxylic acids is 1. The second kappa shape index (κ2) is 6.50. The van der Waals surface area contributed by atoms with Crippen molar-refractivity contribution < 1.29 is 13.9 Å². The third kappa shape index (κ3) is 4.07. The summed E-state index contributed by atoms with van der Waals surface area (Å²) in [6.07, 6.45) is 2.63. The molecule has 0 aliphatic heterocycles. The standard InChI is InChI=1S/C16H13FO2/c17-15-9-5-4-8-14(15)10-11-16(18)19-12-13-6-2-1-3-7-13/h1-11H,12H2/b11-10+. The number of rotatable bonds is 4. The first-order valence-electron chi connectivity index (χ1n) is 5.89. The molecule has 0 fully saturated rings. The fourth-order valence-electron chi connectivity index (χ4n) is 1.54. The molecule has 0 amide bonds. The zero-order valence-corrected chi connectivity index (χ0v) is 10.3. The molecule has 2 aromatic carbocycles. The van der Waals surface area contributed by atoms with Crippen molar-refractivity contribution in [1.82, 2.24) is 0 Å². The van der Waals surface area contributed by atoms with Crippen LogP contribution >= 0.6 is 0 Å². The highest BCUT2D eigenvalue weighted by molar-refractivity contribution is 5.87. The van der Waals surface area contributed by atoms with Gasteiger partial charge < -0.3 is 4.74 Å². The quantitative estimate of drug-likeness (QED) is 0.617. The smallest absolute Gasteiger partial charge is 0.331 e. The van der Waals surface area contributed by atoms with Gasteiger partial charge in [-0.3, -0.25) is 0 Å². The van der Waals surface area contributed by atoms with Crippen LogP contribution in [-0.4, -0.2) is 5.97 Å². The third-order valence-electron chi connectivity index (χ3n) is 2.53. The molecule has 0 saturated carbocycles. The van der Waals surface area contributed by atoms with Gasteiger partial charge in [-0.15, -0.1) is 0 Å². The van der Waals surface area contributed by atoms with E-state index >= 15 is 0 Å². The van der Waals surface area contributed by atoms with Gasteiger partial charge in [0.2, 0.25) is 0 Å². The molecule has 0 spiro atoms. The van der Waals surface area contributed by atoms with Gasteiger partial charge in [-0.2, -0.15) is 0 Å². The van der Waals surface area contributed by atoms with E-state index in [0.29, 0.717) is 5.56 Å². The second-order valence-corrected chi connectivity index (χ2v) is 3.95. The molecule has 0 aliphatic carbocycles. The van der Waals surface area contributed by atoms with Crippen molar-refractivity contribution in [3.8, 4) is 0 Å². The van der Waals surface area contributed by atoms with Gasteiger partial charge in [0.15, 0.2) is 0 Å². The Morgan fingerprint density at radius 3 is 2.47 bits per heavy atom. The van der Waals surface area contributed by atoms with Crippen LogP contribution in [0.1, 0.15) is 11.1 Å². The Kier molecular flexibility index (Phi) is 4.45. The Morgan fingerprint density at radius 2 is 1.74 bits per heavy atom. The van der Waals surface area contributed by atoms with Gasteiger partial charge in [0, 0.05) is 11.6 Å². The largest absolute Gasteiger partial charge is 0.458 e. The van der Waals surface area contributed by atoms with Gasteiger partial charge in [-0.05, 0) is 17.7 Å². The SMILES string of the molecule is O=C(/C=C/c1ccccc1F)OCc1ccccc1. The molecule has 0 aromatic heterocycles. The summed E-state index contributed by atoms with van der Waals surface area (Å²) >= 11 is 0. The van der Waals surface area contributed by atoms with Crippen molar-refractivity contribution in [2.45, 2.75) is 6.61 Å². The van der Waals surface area contributed by atoms with E-state index in [-0.39, 0.29) is 12.4 Å². The summed E-state index contributed by atoms with van der Waals surface area (Å²) < 4.78 is 18.3. The van der Waals surface area contributed by atoms with Crippen molar-refractivity contribution in [3.05, 3.63) is 77.6 Å². The zero-order chi connectivity index (χ0) is 13.5. The monoisotopic (exact) mass is 256 g/mol. The highest BCUT2D eigenvalue weighted by Crippen LogP contribution is 2.08. The van der Waals surface area contributed by atoms with Gasteiger partial charge in [0.25, 0.3) is 0 Å². The van der Waals surface area contributed by atoms with Crippen LogP contribution in [0, 0.1) is 5.82 Å². The lowest BCUT2D eigenvalue weighted by Gasteiger charge is -2.01. The number of carbonyl (C=O) groups is 1. The second-order valence-electron chi connectivity index (χ2n) is 3.95. The summed E-state index contributed by atoms with van der Waals surface area (Å²) in [4.78, 5) is 11.5. The Hall–Kier alpha value is -2.42. The maximum atomic E-state index is 13.3. The summed E-state index contributed by atoms with van der Waals surface area (Å²) in [5.41, 5.74) is 1.27. The zero-order valence-electron chi connectivity index (χ0n) is 10.3. The van der Waals surface area contributed by atoms with Crippen LogP contribution in [0.2, 0.25) is 0 Å². The van der Waals surface area contributed by atoms with Crippen molar-refractivity contribution in [2.75, 3.05) is 0 Å². The van der Waals surface area contributed by atoms with Gasteiger partial charge in [-0.25, -0.2) is 9.18 Å². The molecule has 0 atom stereocenters. The summed E-state index contributed by atoms with van der Waals surface area (Å²) in [6.45, 7) is 0.210. The van der Waals surface area contributed by atoms with Crippen molar-refractivity contribution in [2.24, 2.45) is 0 Å². The van der Waals surface area contributed by atoms with E-state index in [1.54, 1.807) is 18.2 Å². The summed E-state index contributed by atoms with van der Waals surface area (Å²) in [5, 5.41) is 0. The molecule has 2 aromatic rings. The molecule has 96 valence electrons. The number of hydrogen-bond acceptors (Lipinski definition) is 2. The van der Waals surface area contributed by atoms with E-state index in [0.717, 1.165) is 5.56 Å². The predicted octanol–water partition coefficient (Wildman–Crippen LogP) is 3.58. The molecular formula is C16H13FO2. The van der Waals surface area contributed by atoms with E-state index < -0.39 is 5.97 Å². The minimum absolute atomic E-state index is 0.210. The Labute approximate surface area is 111 Å². The highest BCUT2D eigenvalue weighted by atomic mass is 19.1. The van der Waals surface area contributed by atoms with Crippen molar-refractivity contribution >= 4 is 12.0 Å². The van der Waals surface area contributed by atoms with Gasteiger partial charge in [0.1, 0.15) is 12.4 Å². The lowest BCUT2D eigenvalue weighted by molar-refractivity contribution is -0.138. The van der Waals surface area contributed by atoms with E-state index in [1.165, 1.54) is 18.2 Å².